The van der Waals surface area contributed by atoms with Crippen molar-refractivity contribution in [1.82, 2.24) is 10.2 Å². The Labute approximate surface area is 176 Å². The van der Waals surface area contributed by atoms with Gasteiger partial charge in [0.25, 0.3) is 5.91 Å². The van der Waals surface area contributed by atoms with E-state index in [-0.39, 0.29) is 24.8 Å². The molecule has 1 aromatic carbocycles. The van der Waals surface area contributed by atoms with E-state index in [1.54, 1.807) is 38.3 Å². The van der Waals surface area contributed by atoms with Gasteiger partial charge < -0.3 is 19.7 Å². The highest BCUT2D eigenvalue weighted by molar-refractivity contribution is 7.91. The molecule has 0 radical (unpaired) electrons. The lowest BCUT2D eigenvalue weighted by Gasteiger charge is -2.33. The molecule has 10 heteroatoms. The summed E-state index contributed by atoms with van der Waals surface area (Å²) < 4.78 is 33.2. The Balaban J connectivity index is 1.83. The molecule has 1 aliphatic heterocycles. The number of nitrogens with zero attached hydrogens (tertiary/aromatic N) is 1. The number of rotatable bonds is 9. The summed E-state index contributed by atoms with van der Waals surface area (Å²) in [4.78, 5) is 38.5. The van der Waals surface area contributed by atoms with E-state index < -0.39 is 33.5 Å². The van der Waals surface area contributed by atoms with Crippen molar-refractivity contribution in [2.24, 2.45) is 5.92 Å². The van der Waals surface area contributed by atoms with Crippen LogP contribution in [0.1, 0.15) is 19.8 Å². The van der Waals surface area contributed by atoms with Gasteiger partial charge in [-0.25, -0.2) is 8.42 Å². The molecule has 166 valence electrons. The Bertz CT molecular complexity index is 868. The largest absolute Gasteiger partial charge is 0.497 e. The van der Waals surface area contributed by atoms with Crippen molar-refractivity contribution in [2.45, 2.75) is 25.8 Å². The van der Waals surface area contributed by atoms with Crippen molar-refractivity contribution >= 4 is 27.4 Å². The number of amides is 2. The second-order valence-corrected chi connectivity index (χ2v) is 9.55. The molecular weight excluding hydrogens is 412 g/mol. The zero-order chi connectivity index (χ0) is 22.3. The number of benzene rings is 1. The third kappa shape index (κ3) is 7.33. The van der Waals surface area contributed by atoms with Gasteiger partial charge in [-0.05, 0) is 44.0 Å². The first-order chi connectivity index (χ1) is 14.1. The van der Waals surface area contributed by atoms with Gasteiger partial charge in [0.05, 0.1) is 7.11 Å². The van der Waals surface area contributed by atoms with Gasteiger partial charge in [0.15, 0.2) is 22.2 Å². The normalized spacial score (nSPS) is 17.7. The van der Waals surface area contributed by atoms with Crippen molar-refractivity contribution < 1.29 is 32.3 Å². The SMILES string of the molecule is COc1ccc(OCC(=O)N[C@H](C)C(=O)N2CCCC(C(=O)CS(C)(=O)=O)C2)cc1. The number of hydrogen-bond acceptors (Lipinski definition) is 7. The Kier molecular flexibility index (Phi) is 8.22. The maximum atomic E-state index is 12.7. The summed E-state index contributed by atoms with van der Waals surface area (Å²) >= 11 is 0. The molecule has 1 heterocycles. The number of ether oxygens (including phenoxy) is 2. The van der Waals surface area contributed by atoms with Crippen LogP contribution in [0.3, 0.4) is 0 Å². The standard InChI is InChI=1S/C20H28N2O7S/c1-14(21-19(24)12-29-17-8-6-16(28-2)7-9-17)20(25)22-10-4-5-15(11-22)18(23)13-30(3,26)27/h6-9,14-15H,4-5,10-13H2,1-3H3,(H,21,24)/t14-,15?/m1/s1. The van der Waals surface area contributed by atoms with E-state index in [9.17, 15) is 22.8 Å². The molecule has 1 N–H and O–H groups in total. The molecule has 30 heavy (non-hydrogen) atoms. The second kappa shape index (κ2) is 10.4. The Hall–Kier alpha value is -2.62. The summed E-state index contributed by atoms with van der Waals surface area (Å²) in [6.07, 6.45) is 2.17. The number of carbonyl (C=O) groups is 3. The van der Waals surface area contributed by atoms with E-state index >= 15 is 0 Å². The quantitative estimate of drug-likeness (QED) is 0.591. The maximum Gasteiger partial charge on any atom is 0.258 e. The Morgan fingerprint density at radius 1 is 1.20 bits per heavy atom. The molecule has 0 aliphatic carbocycles. The van der Waals surface area contributed by atoms with Crippen LogP contribution < -0.4 is 14.8 Å². The van der Waals surface area contributed by atoms with Gasteiger partial charge in [-0.3, -0.25) is 14.4 Å². The number of Topliss-reactive ketones (excluding diaryl/α,β-unsaturated/α-hetero) is 1. The number of methoxy groups -OCH3 is 1. The number of ketones is 1. The highest BCUT2D eigenvalue weighted by Gasteiger charge is 2.31. The maximum absolute atomic E-state index is 12.7. The monoisotopic (exact) mass is 440 g/mol. The van der Waals surface area contributed by atoms with Crippen LogP contribution >= 0.6 is 0 Å². The zero-order valence-corrected chi connectivity index (χ0v) is 18.2. The molecule has 2 amide bonds. The molecule has 1 aromatic rings. The van der Waals surface area contributed by atoms with Crippen LogP contribution in [0.2, 0.25) is 0 Å². The van der Waals surface area contributed by atoms with Crippen LogP contribution in [0, 0.1) is 5.92 Å². The van der Waals surface area contributed by atoms with Crippen LogP contribution in [0.25, 0.3) is 0 Å². The molecule has 0 spiro atoms. The second-order valence-electron chi connectivity index (χ2n) is 7.41. The summed E-state index contributed by atoms with van der Waals surface area (Å²) in [5.41, 5.74) is 0. The average Bonchev–Trinajstić information content (AvgIpc) is 2.70. The van der Waals surface area contributed by atoms with Crippen LogP contribution in [-0.4, -0.2) is 75.8 Å². The van der Waals surface area contributed by atoms with Crippen LogP contribution in [0.4, 0.5) is 0 Å². The lowest BCUT2D eigenvalue weighted by molar-refractivity contribution is -0.139. The number of nitrogens with one attached hydrogen (secondary N) is 1. The molecule has 0 aromatic heterocycles. The minimum absolute atomic E-state index is 0.162. The summed E-state index contributed by atoms with van der Waals surface area (Å²) in [5, 5.41) is 2.59. The van der Waals surface area contributed by atoms with Crippen molar-refractivity contribution in [3.05, 3.63) is 24.3 Å². The van der Waals surface area contributed by atoms with Gasteiger partial charge in [0.2, 0.25) is 5.91 Å². The summed E-state index contributed by atoms with van der Waals surface area (Å²) in [5.74, 6) is -1.00. The van der Waals surface area contributed by atoms with Crippen LogP contribution in [-0.2, 0) is 24.2 Å². The van der Waals surface area contributed by atoms with E-state index in [4.69, 9.17) is 9.47 Å². The molecule has 1 unspecified atom stereocenters. The number of carbonyl (C=O) groups excluding carboxylic acids is 3. The first-order valence-electron chi connectivity index (χ1n) is 9.64. The van der Waals surface area contributed by atoms with Crippen molar-refractivity contribution in [3.63, 3.8) is 0 Å². The number of piperidine rings is 1. The van der Waals surface area contributed by atoms with Crippen molar-refractivity contribution in [1.29, 1.82) is 0 Å². The third-order valence-corrected chi connectivity index (χ3v) is 5.58. The number of hydrogen-bond donors (Lipinski definition) is 1. The molecular formula is C20H28N2O7S. The molecule has 1 saturated heterocycles. The average molecular weight is 441 g/mol. The molecule has 1 fully saturated rings. The summed E-state index contributed by atoms with van der Waals surface area (Å²) in [6, 6.07) is 5.96. The van der Waals surface area contributed by atoms with Crippen LogP contribution in [0.5, 0.6) is 11.5 Å². The molecule has 1 aliphatic rings. The van der Waals surface area contributed by atoms with Crippen LogP contribution in [0.15, 0.2) is 24.3 Å². The highest BCUT2D eigenvalue weighted by Crippen LogP contribution is 2.19. The number of likely N-dealkylation sites (tertiary alicyclic amines) is 1. The molecule has 2 atom stereocenters. The minimum Gasteiger partial charge on any atom is -0.497 e. The van der Waals surface area contributed by atoms with Gasteiger partial charge in [-0.15, -0.1) is 0 Å². The first kappa shape index (κ1) is 23.7. The highest BCUT2D eigenvalue weighted by atomic mass is 32.2. The van der Waals surface area contributed by atoms with Gasteiger partial charge in [-0.2, -0.15) is 0 Å². The fraction of sp³-hybridized carbons (Fsp3) is 0.550. The fourth-order valence-corrected chi connectivity index (χ4v) is 4.01. The Morgan fingerprint density at radius 2 is 1.83 bits per heavy atom. The van der Waals surface area contributed by atoms with Gasteiger partial charge in [0.1, 0.15) is 23.3 Å². The molecule has 0 saturated carbocycles. The lowest BCUT2D eigenvalue weighted by atomic mass is 9.94. The summed E-state index contributed by atoms with van der Waals surface area (Å²) in [7, 11) is -1.86. The van der Waals surface area contributed by atoms with Gasteiger partial charge >= 0.3 is 0 Å². The summed E-state index contributed by atoms with van der Waals surface area (Å²) in [6.45, 7) is 1.94. The third-order valence-electron chi connectivity index (χ3n) is 4.77. The Morgan fingerprint density at radius 3 is 2.43 bits per heavy atom. The fourth-order valence-electron chi connectivity index (χ4n) is 3.26. The first-order valence-corrected chi connectivity index (χ1v) is 11.7. The van der Waals surface area contributed by atoms with E-state index in [0.717, 1.165) is 6.26 Å². The topological polar surface area (TPSA) is 119 Å². The molecule has 0 bridgehead atoms. The van der Waals surface area contributed by atoms with Gasteiger partial charge in [-0.1, -0.05) is 0 Å². The smallest absolute Gasteiger partial charge is 0.258 e. The minimum atomic E-state index is -3.41. The van der Waals surface area contributed by atoms with Crippen molar-refractivity contribution in [3.8, 4) is 11.5 Å². The molecule has 2 rings (SSSR count). The van der Waals surface area contributed by atoms with E-state index in [2.05, 4.69) is 5.32 Å². The van der Waals surface area contributed by atoms with E-state index in [0.29, 0.717) is 30.9 Å². The lowest BCUT2D eigenvalue weighted by Crippen LogP contribution is -2.51. The number of sulfone groups is 1. The van der Waals surface area contributed by atoms with E-state index in [1.807, 2.05) is 0 Å². The van der Waals surface area contributed by atoms with Crippen molar-refractivity contribution in [2.75, 3.05) is 38.8 Å². The zero-order valence-electron chi connectivity index (χ0n) is 17.4. The predicted octanol–water partition coefficient (Wildman–Crippen LogP) is 0.431. The van der Waals surface area contributed by atoms with E-state index in [1.165, 1.54) is 4.90 Å². The predicted molar refractivity (Wildman–Crippen MR) is 110 cm³/mol. The molecule has 9 nitrogen and oxygen atoms in total. The van der Waals surface area contributed by atoms with Gasteiger partial charge in [0, 0.05) is 25.3 Å².